The summed E-state index contributed by atoms with van der Waals surface area (Å²) in [7, 11) is 0. The molecule has 1 aliphatic heterocycles. The molecule has 1 saturated heterocycles. The first kappa shape index (κ1) is 21.5. The van der Waals surface area contributed by atoms with Gasteiger partial charge in [-0.1, -0.05) is 26.0 Å². The van der Waals surface area contributed by atoms with Crippen LogP contribution in [0.1, 0.15) is 25.6 Å². The second-order valence-corrected chi connectivity index (χ2v) is 8.97. The SMILES string of the molecule is CC(=O)NC(C(=O)N1CCN(Cc2ccc(-c3cccc(F)c3)s2)CC1)C(C)C. The summed E-state index contributed by atoms with van der Waals surface area (Å²) >= 11 is 1.67. The van der Waals surface area contributed by atoms with Crippen molar-refractivity contribution in [3.63, 3.8) is 0 Å². The maximum atomic E-state index is 13.5. The van der Waals surface area contributed by atoms with Crippen LogP contribution in [0.5, 0.6) is 0 Å². The Balaban J connectivity index is 1.55. The number of hydrogen-bond acceptors (Lipinski definition) is 4. The van der Waals surface area contributed by atoms with Crippen molar-refractivity contribution in [3.8, 4) is 10.4 Å². The van der Waals surface area contributed by atoms with Crippen molar-refractivity contribution in [1.82, 2.24) is 15.1 Å². The lowest BCUT2D eigenvalue weighted by Crippen LogP contribution is -2.56. The number of carbonyl (C=O) groups is 2. The molecule has 2 heterocycles. The molecule has 2 aromatic rings. The summed E-state index contributed by atoms with van der Waals surface area (Å²) in [5.41, 5.74) is 0.898. The van der Waals surface area contributed by atoms with Gasteiger partial charge in [0.2, 0.25) is 11.8 Å². The lowest BCUT2D eigenvalue weighted by molar-refractivity contribution is -0.138. The van der Waals surface area contributed by atoms with Gasteiger partial charge >= 0.3 is 0 Å². The number of halogens is 1. The number of thiophene rings is 1. The number of hydrogen-bond donors (Lipinski definition) is 1. The van der Waals surface area contributed by atoms with Gasteiger partial charge in [0, 0.05) is 49.4 Å². The fraction of sp³-hybridized carbons (Fsp3) is 0.455. The quantitative estimate of drug-likeness (QED) is 0.784. The van der Waals surface area contributed by atoms with Crippen LogP contribution in [0.2, 0.25) is 0 Å². The normalized spacial score (nSPS) is 16.1. The molecule has 0 aliphatic carbocycles. The average molecular weight is 418 g/mol. The van der Waals surface area contributed by atoms with Crippen molar-refractivity contribution < 1.29 is 14.0 Å². The van der Waals surface area contributed by atoms with Crippen LogP contribution < -0.4 is 5.32 Å². The van der Waals surface area contributed by atoms with Gasteiger partial charge in [-0.05, 0) is 35.7 Å². The molecule has 1 unspecified atom stereocenters. The molecule has 156 valence electrons. The van der Waals surface area contributed by atoms with E-state index in [1.165, 1.54) is 17.9 Å². The van der Waals surface area contributed by atoms with Crippen molar-refractivity contribution in [2.75, 3.05) is 26.2 Å². The molecular weight excluding hydrogens is 389 g/mol. The Hall–Kier alpha value is -2.25. The summed E-state index contributed by atoms with van der Waals surface area (Å²) in [4.78, 5) is 30.7. The molecule has 1 aromatic carbocycles. The predicted molar refractivity (Wildman–Crippen MR) is 114 cm³/mol. The van der Waals surface area contributed by atoms with E-state index in [-0.39, 0.29) is 23.5 Å². The maximum Gasteiger partial charge on any atom is 0.245 e. The third-order valence-electron chi connectivity index (χ3n) is 5.13. The number of piperazine rings is 1. The van der Waals surface area contributed by atoms with Crippen LogP contribution in [-0.4, -0.2) is 53.8 Å². The van der Waals surface area contributed by atoms with E-state index in [1.807, 2.05) is 30.9 Å². The first-order valence-corrected chi connectivity index (χ1v) is 10.8. The minimum Gasteiger partial charge on any atom is -0.344 e. The van der Waals surface area contributed by atoms with E-state index >= 15 is 0 Å². The van der Waals surface area contributed by atoms with E-state index in [9.17, 15) is 14.0 Å². The van der Waals surface area contributed by atoms with Gasteiger partial charge in [0.05, 0.1) is 0 Å². The molecule has 1 aromatic heterocycles. The van der Waals surface area contributed by atoms with Gasteiger partial charge in [-0.15, -0.1) is 11.3 Å². The molecule has 0 saturated carbocycles. The second kappa shape index (κ2) is 9.50. The van der Waals surface area contributed by atoms with Gasteiger partial charge < -0.3 is 10.2 Å². The molecule has 29 heavy (non-hydrogen) atoms. The smallest absolute Gasteiger partial charge is 0.245 e. The van der Waals surface area contributed by atoms with E-state index < -0.39 is 6.04 Å². The van der Waals surface area contributed by atoms with Crippen LogP contribution in [0.3, 0.4) is 0 Å². The molecule has 7 heteroatoms. The van der Waals surface area contributed by atoms with Crippen LogP contribution in [0, 0.1) is 11.7 Å². The first-order valence-electron chi connectivity index (χ1n) is 9.96. The Morgan fingerprint density at radius 3 is 2.48 bits per heavy atom. The van der Waals surface area contributed by atoms with E-state index in [4.69, 9.17) is 0 Å². The van der Waals surface area contributed by atoms with Gasteiger partial charge in [-0.25, -0.2) is 4.39 Å². The van der Waals surface area contributed by atoms with Crippen LogP contribution >= 0.6 is 11.3 Å². The summed E-state index contributed by atoms with van der Waals surface area (Å²) in [6.45, 7) is 9.06. The Bertz CT molecular complexity index is 859. The molecule has 0 radical (unpaired) electrons. The minimum atomic E-state index is -0.467. The van der Waals surface area contributed by atoms with E-state index in [1.54, 1.807) is 23.5 Å². The third kappa shape index (κ3) is 5.64. The lowest BCUT2D eigenvalue weighted by Gasteiger charge is -2.37. The van der Waals surface area contributed by atoms with Crippen LogP contribution in [0.25, 0.3) is 10.4 Å². The summed E-state index contributed by atoms with van der Waals surface area (Å²) in [5.74, 6) is -0.351. The van der Waals surface area contributed by atoms with Gasteiger partial charge in [-0.2, -0.15) is 0 Å². The fourth-order valence-electron chi connectivity index (χ4n) is 3.54. The van der Waals surface area contributed by atoms with Crippen molar-refractivity contribution in [1.29, 1.82) is 0 Å². The largest absolute Gasteiger partial charge is 0.344 e. The Labute approximate surface area is 175 Å². The number of benzene rings is 1. The van der Waals surface area contributed by atoms with Crippen molar-refractivity contribution in [2.45, 2.75) is 33.4 Å². The maximum absolute atomic E-state index is 13.5. The van der Waals surface area contributed by atoms with Gasteiger partial charge in [0.1, 0.15) is 11.9 Å². The monoisotopic (exact) mass is 417 g/mol. The van der Waals surface area contributed by atoms with Crippen LogP contribution in [0.15, 0.2) is 36.4 Å². The van der Waals surface area contributed by atoms with Crippen molar-refractivity contribution in [2.24, 2.45) is 5.92 Å². The van der Waals surface area contributed by atoms with E-state index in [2.05, 4.69) is 16.3 Å². The third-order valence-corrected chi connectivity index (χ3v) is 6.24. The lowest BCUT2D eigenvalue weighted by atomic mass is 10.0. The number of rotatable bonds is 6. The van der Waals surface area contributed by atoms with E-state index in [0.717, 1.165) is 30.1 Å². The molecule has 1 N–H and O–H groups in total. The fourth-order valence-corrected chi connectivity index (χ4v) is 4.58. The highest BCUT2D eigenvalue weighted by Crippen LogP contribution is 2.29. The Morgan fingerprint density at radius 1 is 1.14 bits per heavy atom. The summed E-state index contributed by atoms with van der Waals surface area (Å²) in [6.07, 6.45) is 0. The van der Waals surface area contributed by atoms with Crippen LogP contribution in [-0.2, 0) is 16.1 Å². The summed E-state index contributed by atoms with van der Waals surface area (Å²) in [6, 6.07) is 10.3. The van der Waals surface area contributed by atoms with Gasteiger partial charge in [-0.3, -0.25) is 14.5 Å². The standard InChI is InChI=1S/C22H28FN3O2S/c1-15(2)21(24-16(3)27)22(28)26-11-9-25(10-12-26)14-19-7-8-20(29-19)17-5-4-6-18(23)13-17/h4-8,13,15,21H,9-12,14H2,1-3H3,(H,24,27). The minimum absolute atomic E-state index is 0.000589. The highest BCUT2D eigenvalue weighted by atomic mass is 32.1. The molecule has 1 atom stereocenters. The molecule has 1 aliphatic rings. The number of nitrogens with one attached hydrogen (secondary N) is 1. The Morgan fingerprint density at radius 2 is 1.86 bits per heavy atom. The summed E-state index contributed by atoms with van der Waals surface area (Å²) in [5, 5.41) is 2.78. The van der Waals surface area contributed by atoms with Crippen molar-refractivity contribution in [3.05, 3.63) is 47.1 Å². The highest BCUT2D eigenvalue weighted by molar-refractivity contribution is 7.15. The number of nitrogens with zero attached hydrogens (tertiary/aromatic N) is 2. The molecule has 0 bridgehead atoms. The van der Waals surface area contributed by atoms with Gasteiger partial charge in [0.25, 0.3) is 0 Å². The highest BCUT2D eigenvalue weighted by Gasteiger charge is 2.30. The molecule has 0 spiro atoms. The number of amides is 2. The average Bonchev–Trinajstić information content (AvgIpc) is 3.14. The summed E-state index contributed by atoms with van der Waals surface area (Å²) < 4.78 is 13.5. The zero-order chi connectivity index (χ0) is 21.0. The molecule has 2 amide bonds. The first-order chi connectivity index (χ1) is 13.8. The Kier molecular flexibility index (Phi) is 7.03. The molecule has 3 rings (SSSR count). The zero-order valence-electron chi connectivity index (χ0n) is 17.2. The predicted octanol–water partition coefficient (Wildman–Crippen LogP) is 3.36. The zero-order valence-corrected chi connectivity index (χ0v) is 18.0. The molecular formula is C22H28FN3O2S. The molecule has 5 nitrogen and oxygen atoms in total. The van der Waals surface area contributed by atoms with Crippen molar-refractivity contribution >= 4 is 23.2 Å². The van der Waals surface area contributed by atoms with Gasteiger partial charge in [0.15, 0.2) is 0 Å². The molecule has 1 fully saturated rings. The van der Waals surface area contributed by atoms with Crippen LogP contribution in [0.4, 0.5) is 4.39 Å². The topological polar surface area (TPSA) is 52.7 Å². The second-order valence-electron chi connectivity index (χ2n) is 7.80. The number of carbonyl (C=O) groups excluding carboxylic acids is 2. The van der Waals surface area contributed by atoms with E-state index in [0.29, 0.717) is 13.1 Å².